The zero-order chi connectivity index (χ0) is 12.5. The van der Waals surface area contributed by atoms with Gasteiger partial charge in [0.1, 0.15) is 0 Å². The van der Waals surface area contributed by atoms with Crippen molar-refractivity contribution in [3.05, 3.63) is 0 Å². The van der Waals surface area contributed by atoms with Crippen molar-refractivity contribution in [2.75, 3.05) is 19.6 Å². The average Bonchev–Trinajstić information content (AvgIpc) is 3.02. The standard InChI is InChI=1S/C15H30N2/c1-5-9-16-14-6-10-17(13(3)12(14)2)11-15(4)7-8-15/h12-14,16H,5-11H2,1-4H3. The second-order valence-electron chi connectivity index (χ2n) is 6.73. The Hall–Kier alpha value is -0.0800. The zero-order valence-electron chi connectivity index (χ0n) is 12.1. The Labute approximate surface area is 107 Å². The molecule has 0 spiro atoms. The third-order valence-electron chi connectivity index (χ3n) is 5.04. The predicted molar refractivity (Wildman–Crippen MR) is 74.2 cm³/mol. The molecule has 0 aromatic rings. The van der Waals surface area contributed by atoms with Crippen LogP contribution in [0, 0.1) is 11.3 Å². The third kappa shape index (κ3) is 3.23. The molecule has 100 valence electrons. The highest BCUT2D eigenvalue weighted by Crippen LogP contribution is 2.46. The van der Waals surface area contributed by atoms with E-state index in [0.717, 1.165) is 18.0 Å². The first-order valence-electron chi connectivity index (χ1n) is 7.53. The molecule has 1 aliphatic carbocycles. The van der Waals surface area contributed by atoms with Crippen LogP contribution in [0.15, 0.2) is 0 Å². The monoisotopic (exact) mass is 238 g/mol. The molecule has 1 saturated carbocycles. The molecule has 1 aliphatic heterocycles. The van der Waals surface area contributed by atoms with Crippen LogP contribution in [0.5, 0.6) is 0 Å². The second kappa shape index (κ2) is 5.27. The van der Waals surface area contributed by atoms with Crippen molar-refractivity contribution in [3.63, 3.8) is 0 Å². The summed E-state index contributed by atoms with van der Waals surface area (Å²) < 4.78 is 0. The van der Waals surface area contributed by atoms with Gasteiger partial charge < -0.3 is 5.32 Å². The van der Waals surface area contributed by atoms with Gasteiger partial charge in [0, 0.05) is 18.6 Å². The van der Waals surface area contributed by atoms with Crippen LogP contribution in [0.1, 0.15) is 53.4 Å². The Kier molecular flexibility index (Phi) is 4.14. The van der Waals surface area contributed by atoms with Crippen LogP contribution in [-0.4, -0.2) is 36.6 Å². The van der Waals surface area contributed by atoms with Crippen molar-refractivity contribution < 1.29 is 0 Å². The molecule has 17 heavy (non-hydrogen) atoms. The van der Waals surface area contributed by atoms with Gasteiger partial charge in [0.05, 0.1) is 0 Å². The molecule has 0 radical (unpaired) electrons. The highest BCUT2D eigenvalue weighted by Gasteiger charge is 2.42. The van der Waals surface area contributed by atoms with E-state index in [0.29, 0.717) is 5.41 Å². The molecule has 2 fully saturated rings. The van der Waals surface area contributed by atoms with E-state index in [-0.39, 0.29) is 0 Å². The van der Waals surface area contributed by atoms with E-state index in [2.05, 4.69) is 37.9 Å². The molecule has 2 heteroatoms. The van der Waals surface area contributed by atoms with Gasteiger partial charge in [-0.15, -0.1) is 0 Å². The number of rotatable bonds is 5. The van der Waals surface area contributed by atoms with Gasteiger partial charge >= 0.3 is 0 Å². The van der Waals surface area contributed by atoms with Crippen LogP contribution >= 0.6 is 0 Å². The van der Waals surface area contributed by atoms with Gasteiger partial charge in [0.15, 0.2) is 0 Å². The number of hydrogen-bond donors (Lipinski definition) is 1. The van der Waals surface area contributed by atoms with Crippen molar-refractivity contribution in [2.45, 2.75) is 65.5 Å². The van der Waals surface area contributed by atoms with Gasteiger partial charge in [-0.05, 0) is 57.0 Å². The SMILES string of the molecule is CCCNC1CCN(CC2(C)CC2)C(C)C1C. The molecule has 2 rings (SSSR count). The van der Waals surface area contributed by atoms with Gasteiger partial charge in [-0.25, -0.2) is 0 Å². The first-order valence-corrected chi connectivity index (χ1v) is 7.53. The largest absolute Gasteiger partial charge is 0.314 e. The maximum atomic E-state index is 3.72. The lowest BCUT2D eigenvalue weighted by molar-refractivity contribution is 0.0687. The first-order chi connectivity index (χ1) is 8.06. The molecular weight excluding hydrogens is 208 g/mol. The minimum absolute atomic E-state index is 0.664. The van der Waals surface area contributed by atoms with Crippen molar-refractivity contribution in [1.82, 2.24) is 10.2 Å². The van der Waals surface area contributed by atoms with Crippen molar-refractivity contribution >= 4 is 0 Å². The van der Waals surface area contributed by atoms with Crippen molar-refractivity contribution in [1.29, 1.82) is 0 Å². The van der Waals surface area contributed by atoms with Crippen LogP contribution in [-0.2, 0) is 0 Å². The Bertz CT molecular complexity index is 247. The van der Waals surface area contributed by atoms with Crippen LogP contribution < -0.4 is 5.32 Å². The summed E-state index contributed by atoms with van der Waals surface area (Å²) in [6.07, 6.45) is 5.48. The van der Waals surface area contributed by atoms with Crippen LogP contribution in [0.3, 0.4) is 0 Å². The average molecular weight is 238 g/mol. The fourth-order valence-corrected chi connectivity index (χ4v) is 3.14. The molecule has 3 unspecified atom stereocenters. The normalized spacial score (nSPS) is 37.1. The molecule has 1 heterocycles. The fourth-order valence-electron chi connectivity index (χ4n) is 3.14. The molecule has 1 N–H and O–H groups in total. The first kappa shape index (κ1) is 13.4. The summed E-state index contributed by atoms with van der Waals surface area (Å²) >= 11 is 0. The number of piperidine rings is 1. The summed E-state index contributed by atoms with van der Waals surface area (Å²) in [4.78, 5) is 2.74. The highest BCUT2D eigenvalue weighted by atomic mass is 15.2. The zero-order valence-corrected chi connectivity index (χ0v) is 12.1. The summed E-state index contributed by atoms with van der Waals surface area (Å²) in [5, 5.41) is 3.72. The van der Waals surface area contributed by atoms with E-state index >= 15 is 0 Å². The van der Waals surface area contributed by atoms with E-state index in [1.54, 1.807) is 0 Å². The number of nitrogens with one attached hydrogen (secondary N) is 1. The highest BCUT2D eigenvalue weighted by molar-refractivity contribution is 4.96. The molecule has 0 aromatic carbocycles. The molecule has 0 bridgehead atoms. The Morgan fingerprint density at radius 1 is 1.29 bits per heavy atom. The number of hydrogen-bond acceptors (Lipinski definition) is 2. The summed E-state index contributed by atoms with van der Waals surface area (Å²) in [5.74, 6) is 0.789. The molecule has 3 atom stereocenters. The Morgan fingerprint density at radius 3 is 2.59 bits per heavy atom. The molecule has 1 saturated heterocycles. The van der Waals surface area contributed by atoms with E-state index in [4.69, 9.17) is 0 Å². The second-order valence-corrected chi connectivity index (χ2v) is 6.73. The summed E-state index contributed by atoms with van der Waals surface area (Å²) in [6, 6.07) is 1.49. The molecule has 0 aromatic heterocycles. The van der Waals surface area contributed by atoms with E-state index in [1.165, 1.54) is 45.3 Å². The minimum atomic E-state index is 0.664. The lowest BCUT2D eigenvalue weighted by Gasteiger charge is -2.44. The van der Waals surface area contributed by atoms with Gasteiger partial charge in [-0.2, -0.15) is 0 Å². The van der Waals surface area contributed by atoms with Crippen LogP contribution in [0.25, 0.3) is 0 Å². The number of nitrogens with zero attached hydrogens (tertiary/aromatic N) is 1. The quantitative estimate of drug-likeness (QED) is 0.792. The van der Waals surface area contributed by atoms with Crippen LogP contribution in [0.4, 0.5) is 0 Å². The Morgan fingerprint density at radius 2 is 2.00 bits per heavy atom. The summed E-state index contributed by atoms with van der Waals surface area (Å²) in [7, 11) is 0. The van der Waals surface area contributed by atoms with E-state index in [1.807, 2.05) is 0 Å². The maximum absolute atomic E-state index is 3.72. The summed E-state index contributed by atoms with van der Waals surface area (Å²) in [5.41, 5.74) is 0.664. The van der Waals surface area contributed by atoms with E-state index < -0.39 is 0 Å². The van der Waals surface area contributed by atoms with Gasteiger partial charge in [0.25, 0.3) is 0 Å². The van der Waals surface area contributed by atoms with Crippen molar-refractivity contribution in [3.8, 4) is 0 Å². The predicted octanol–water partition coefficient (Wildman–Crippen LogP) is 2.89. The fraction of sp³-hybridized carbons (Fsp3) is 1.00. The summed E-state index contributed by atoms with van der Waals surface area (Å²) in [6.45, 7) is 13.4. The molecular formula is C15H30N2. The maximum Gasteiger partial charge on any atom is 0.0120 e. The lowest BCUT2D eigenvalue weighted by atomic mass is 9.86. The number of likely N-dealkylation sites (tertiary alicyclic amines) is 1. The molecule has 2 nitrogen and oxygen atoms in total. The van der Waals surface area contributed by atoms with Gasteiger partial charge in [0.2, 0.25) is 0 Å². The van der Waals surface area contributed by atoms with Gasteiger partial charge in [-0.1, -0.05) is 20.8 Å². The third-order valence-corrected chi connectivity index (χ3v) is 5.04. The van der Waals surface area contributed by atoms with Gasteiger partial charge in [-0.3, -0.25) is 4.90 Å². The molecule has 2 aliphatic rings. The topological polar surface area (TPSA) is 15.3 Å². The van der Waals surface area contributed by atoms with Crippen molar-refractivity contribution in [2.24, 2.45) is 11.3 Å². The molecule has 0 amide bonds. The van der Waals surface area contributed by atoms with E-state index in [9.17, 15) is 0 Å². The smallest absolute Gasteiger partial charge is 0.0120 e. The lowest BCUT2D eigenvalue weighted by Crippen LogP contribution is -2.54. The Balaban J connectivity index is 1.84. The van der Waals surface area contributed by atoms with Crippen LogP contribution in [0.2, 0.25) is 0 Å². The minimum Gasteiger partial charge on any atom is -0.314 e.